The molecule has 2 aromatic heterocycles. The van der Waals surface area contributed by atoms with Crippen molar-refractivity contribution in [2.24, 2.45) is 5.73 Å². The first-order valence-electron chi connectivity index (χ1n) is 12.5. The van der Waals surface area contributed by atoms with E-state index < -0.39 is 63.7 Å². The van der Waals surface area contributed by atoms with Crippen molar-refractivity contribution in [2.75, 3.05) is 24.5 Å². The lowest BCUT2D eigenvalue weighted by Gasteiger charge is -2.22. The Kier molecular flexibility index (Phi) is 8.38. The summed E-state index contributed by atoms with van der Waals surface area (Å²) < 4.78 is 44.5. The quantitative estimate of drug-likeness (QED) is 0.306. The Labute approximate surface area is 225 Å². The Morgan fingerprint density at radius 3 is 2.60 bits per heavy atom. The van der Waals surface area contributed by atoms with Gasteiger partial charge in [-0.2, -0.15) is 0 Å². The molecule has 1 fully saturated rings. The van der Waals surface area contributed by atoms with Gasteiger partial charge in [0.1, 0.15) is 23.2 Å². The summed E-state index contributed by atoms with van der Waals surface area (Å²) in [6.07, 6.45) is 2.29. The van der Waals surface area contributed by atoms with Crippen LogP contribution in [0.25, 0.3) is 16.7 Å². The number of carbonyl (C=O) groups excluding carboxylic acids is 2. The molecule has 40 heavy (non-hydrogen) atoms. The number of rotatable bonds is 9. The van der Waals surface area contributed by atoms with E-state index in [1.807, 2.05) is 6.92 Å². The van der Waals surface area contributed by atoms with Crippen LogP contribution in [-0.2, 0) is 9.59 Å². The molecule has 2 atom stereocenters. The molecule has 4 rings (SSSR count). The Bertz CT molecular complexity index is 1550. The number of nitrogens with one attached hydrogen (secondary N) is 2. The number of pyridine rings is 2. The van der Waals surface area contributed by atoms with Crippen LogP contribution in [0.1, 0.15) is 36.5 Å². The van der Waals surface area contributed by atoms with E-state index in [4.69, 9.17) is 5.73 Å². The smallest absolute Gasteiger partial charge is 0.341 e. The molecular formula is C26H27F3N6O5. The first kappa shape index (κ1) is 28.5. The van der Waals surface area contributed by atoms with Crippen LogP contribution in [0.4, 0.5) is 19.0 Å². The van der Waals surface area contributed by atoms with Crippen molar-refractivity contribution < 1.29 is 32.7 Å². The molecule has 0 radical (unpaired) electrons. The van der Waals surface area contributed by atoms with E-state index in [-0.39, 0.29) is 36.8 Å². The molecule has 11 nitrogen and oxygen atoms in total. The maximum atomic E-state index is 15.3. The number of halogens is 3. The van der Waals surface area contributed by atoms with Crippen LogP contribution in [0.15, 0.2) is 35.3 Å². The molecule has 0 saturated carbocycles. The van der Waals surface area contributed by atoms with Crippen molar-refractivity contribution in [3.05, 3.63) is 63.7 Å². The highest BCUT2D eigenvalue weighted by Gasteiger charge is 2.30. The molecule has 2 unspecified atom stereocenters. The molecule has 0 aliphatic carbocycles. The molecule has 3 heterocycles. The van der Waals surface area contributed by atoms with Crippen LogP contribution >= 0.6 is 0 Å². The summed E-state index contributed by atoms with van der Waals surface area (Å²) in [4.78, 5) is 54.8. The molecular weight excluding hydrogens is 533 g/mol. The second kappa shape index (κ2) is 11.7. The lowest BCUT2D eigenvalue weighted by molar-refractivity contribution is -0.128. The molecule has 3 aromatic rings. The number of hydrogen-bond donors (Lipinski definition) is 4. The average Bonchev–Trinajstić information content (AvgIpc) is 3.36. The van der Waals surface area contributed by atoms with Crippen LogP contribution in [-0.4, -0.2) is 64.2 Å². The van der Waals surface area contributed by atoms with Gasteiger partial charge >= 0.3 is 5.97 Å². The van der Waals surface area contributed by atoms with Crippen LogP contribution in [0.5, 0.6) is 0 Å². The molecule has 2 amide bonds. The Morgan fingerprint density at radius 1 is 1.20 bits per heavy atom. The summed E-state index contributed by atoms with van der Waals surface area (Å²) in [6, 6.07) is 2.19. The Hall–Kier alpha value is -4.46. The largest absolute Gasteiger partial charge is 0.477 e. The van der Waals surface area contributed by atoms with Crippen molar-refractivity contribution in [1.29, 1.82) is 0 Å². The maximum absolute atomic E-state index is 15.3. The third kappa shape index (κ3) is 5.76. The minimum absolute atomic E-state index is 0.132. The van der Waals surface area contributed by atoms with E-state index in [9.17, 15) is 33.1 Å². The number of carbonyl (C=O) groups is 3. The summed E-state index contributed by atoms with van der Waals surface area (Å²) in [5, 5.41) is 14.5. The zero-order valence-corrected chi connectivity index (χ0v) is 21.4. The summed E-state index contributed by atoms with van der Waals surface area (Å²) in [5.74, 6) is -5.56. The number of aromatic nitrogens is 2. The number of nitrogens with two attached hydrogens (primary N) is 1. The zero-order chi connectivity index (χ0) is 29.1. The fraction of sp³-hybridized carbons (Fsp3) is 0.346. The van der Waals surface area contributed by atoms with E-state index in [0.29, 0.717) is 25.3 Å². The number of benzene rings is 1. The van der Waals surface area contributed by atoms with Gasteiger partial charge in [0.2, 0.25) is 17.2 Å². The fourth-order valence-corrected chi connectivity index (χ4v) is 4.63. The number of aromatic carboxylic acids is 1. The Morgan fingerprint density at radius 2 is 1.95 bits per heavy atom. The number of amides is 2. The highest BCUT2D eigenvalue weighted by molar-refractivity contribution is 5.93. The monoisotopic (exact) mass is 560 g/mol. The molecule has 14 heteroatoms. The third-order valence-electron chi connectivity index (χ3n) is 6.56. The molecule has 1 aliphatic heterocycles. The highest BCUT2D eigenvalue weighted by Crippen LogP contribution is 2.27. The second-order valence-corrected chi connectivity index (χ2v) is 9.36. The zero-order valence-electron chi connectivity index (χ0n) is 21.4. The number of nitrogens with zero attached hydrogens (tertiary/aromatic N) is 3. The van der Waals surface area contributed by atoms with Crippen molar-refractivity contribution in [1.82, 2.24) is 20.2 Å². The fourth-order valence-electron chi connectivity index (χ4n) is 4.63. The van der Waals surface area contributed by atoms with E-state index in [1.54, 1.807) is 0 Å². The molecule has 1 aliphatic rings. The van der Waals surface area contributed by atoms with Gasteiger partial charge < -0.3 is 26.4 Å². The van der Waals surface area contributed by atoms with Gasteiger partial charge in [-0.3, -0.25) is 19.0 Å². The van der Waals surface area contributed by atoms with Crippen LogP contribution in [0, 0.1) is 17.5 Å². The van der Waals surface area contributed by atoms with Gasteiger partial charge in [0.25, 0.3) is 0 Å². The van der Waals surface area contributed by atoms with Gasteiger partial charge in [-0.15, -0.1) is 0 Å². The van der Waals surface area contributed by atoms with E-state index in [1.165, 1.54) is 4.90 Å². The topological polar surface area (TPSA) is 160 Å². The third-order valence-corrected chi connectivity index (χ3v) is 6.56. The minimum atomic E-state index is -1.62. The van der Waals surface area contributed by atoms with Gasteiger partial charge in [-0.1, -0.05) is 13.3 Å². The van der Waals surface area contributed by atoms with E-state index in [2.05, 4.69) is 15.6 Å². The number of anilines is 1. The average molecular weight is 561 g/mol. The van der Waals surface area contributed by atoms with Gasteiger partial charge in [0.15, 0.2) is 17.3 Å². The molecule has 212 valence electrons. The van der Waals surface area contributed by atoms with Crippen LogP contribution in [0.2, 0.25) is 0 Å². The number of carboxylic acids is 1. The first-order chi connectivity index (χ1) is 19.0. The number of carboxylic acid groups (broad SMARTS) is 1. The maximum Gasteiger partial charge on any atom is 0.341 e. The van der Waals surface area contributed by atoms with Crippen LogP contribution < -0.4 is 26.7 Å². The predicted molar refractivity (Wildman–Crippen MR) is 139 cm³/mol. The summed E-state index contributed by atoms with van der Waals surface area (Å²) >= 11 is 0. The molecule has 0 bridgehead atoms. The van der Waals surface area contributed by atoms with Crippen LogP contribution in [0.3, 0.4) is 0 Å². The van der Waals surface area contributed by atoms with Crippen molar-refractivity contribution in [3.63, 3.8) is 0 Å². The van der Waals surface area contributed by atoms with Crippen molar-refractivity contribution in [2.45, 2.75) is 38.3 Å². The highest BCUT2D eigenvalue weighted by atomic mass is 19.1. The lowest BCUT2D eigenvalue weighted by Crippen LogP contribution is -2.51. The van der Waals surface area contributed by atoms with E-state index in [0.717, 1.165) is 29.0 Å². The minimum Gasteiger partial charge on any atom is -0.477 e. The summed E-state index contributed by atoms with van der Waals surface area (Å²) in [5.41, 5.74) is 3.02. The molecule has 1 aromatic carbocycles. The van der Waals surface area contributed by atoms with Gasteiger partial charge in [-0.05, 0) is 31.0 Å². The van der Waals surface area contributed by atoms with Gasteiger partial charge in [-0.25, -0.2) is 22.9 Å². The van der Waals surface area contributed by atoms with Gasteiger partial charge in [0, 0.05) is 31.4 Å². The molecule has 5 N–H and O–H groups in total. The number of hydrogen-bond acceptors (Lipinski definition) is 7. The first-order valence-corrected chi connectivity index (χ1v) is 12.5. The summed E-state index contributed by atoms with van der Waals surface area (Å²) in [7, 11) is 0. The Balaban J connectivity index is 1.68. The van der Waals surface area contributed by atoms with Gasteiger partial charge in [0.05, 0.1) is 17.6 Å². The van der Waals surface area contributed by atoms with Crippen molar-refractivity contribution >= 4 is 34.6 Å². The SMILES string of the molecule is CCCC(NC(=O)CN)C(=O)NC1CCN(c2nc3c(cc2F)c(=O)c(C(=O)O)cn3-c2ccc(F)cc2F)C1. The van der Waals surface area contributed by atoms with E-state index >= 15 is 4.39 Å². The number of fused-ring (bicyclic) bond motifs is 1. The molecule has 1 saturated heterocycles. The standard InChI is InChI=1S/C26H27F3N6O5/c1-2-3-19(32-21(36)10-30)25(38)31-14-6-7-34(11-14)24-18(29)9-15-22(37)16(26(39)40)12-35(23(15)33-24)20-5-4-13(27)8-17(20)28/h4-5,8-9,12,14,19H,2-3,6-7,10-11,30H2,1H3,(H,31,38)(H,32,36)(H,39,40). The predicted octanol–water partition coefficient (Wildman–Crippen LogP) is 1.44. The normalized spacial score (nSPS) is 15.7. The summed E-state index contributed by atoms with van der Waals surface area (Å²) in [6.45, 7) is 1.99. The lowest BCUT2D eigenvalue weighted by atomic mass is 10.1. The second-order valence-electron chi connectivity index (χ2n) is 9.36. The van der Waals surface area contributed by atoms with Crippen molar-refractivity contribution in [3.8, 4) is 5.69 Å². The molecule has 0 spiro atoms.